The summed E-state index contributed by atoms with van der Waals surface area (Å²) in [6, 6.07) is -2.85. The van der Waals surface area contributed by atoms with Gasteiger partial charge in [-0.2, -0.15) is 23.4 Å². The minimum Gasteiger partial charge on any atom is -0.478 e. The molecule has 2 aromatic rings. The first kappa shape index (κ1) is 31.5. The molecule has 224 valence electrons. The normalized spacial score (nSPS) is 17.7. The van der Waals surface area contributed by atoms with Gasteiger partial charge in [0, 0.05) is 18.2 Å². The molecule has 18 nitrogen and oxygen atoms in total. The number of carbonyl (C=O) groups excluding carboxylic acids is 3. The van der Waals surface area contributed by atoms with E-state index in [4.69, 9.17) is 16.3 Å². The second-order valence-corrected chi connectivity index (χ2v) is 11.5. The molecule has 0 bridgehead atoms. The average Bonchev–Trinajstić information content (AvgIpc) is 3.52. The molecular weight excluding hydrogens is 586 g/mol. The lowest BCUT2D eigenvalue weighted by Crippen LogP contribution is -2.73. The van der Waals surface area contributed by atoms with Crippen molar-refractivity contribution in [1.82, 2.24) is 29.6 Å². The fraction of sp³-hybridized carbons (Fsp3) is 0.524. The monoisotopic (exact) mass is 615 g/mol. The molecule has 7 N–H and O–H groups in total. The van der Waals surface area contributed by atoms with Crippen LogP contribution in [0.5, 0.6) is 0 Å². The molecule has 20 heteroatoms. The van der Waals surface area contributed by atoms with Crippen molar-refractivity contribution in [2.45, 2.75) is 63.8 Å². The van der Waals surface area contributed by atoms with Crippen LogP contribution in [-0.2, 0) is 47.3 Å². The summed E-state index contributed by atoms with van der Waals surface area (Å²) in [5.74, 6) is -3.62. The van der Waals surface area contributed by atoms with E-state index in [0.717, 1.165) is 16.1 Å². The molecule has 0 aliphatic carbocycles. The molecule has 1 aliphatic rings. The highest BCUT2D eigenvalue weighted by molar-refractivity contribution is 7.84. The molecule has 3 heterocycles. The van der Waals surface area contributed by atoms with Gasteiger partial charge in [-0.25, -0.2) is 14.1 Å². The Morgan fingerprint density at radius 3 is 2.59 bits per heavy atom. The van der Waals surface area contributed by atoms with E-state index in [1.165, 1.54) is 25.4 Å². The van der Waals surface area contributed by atoms with Crippen LogP contribution in [0.25, 0.3) is 0 Å². The number of carboxylic acids is 1. The topological polar surface area (TPSA) is 275 Å². The summed E-state index contributed by atoms with van der Waals surface area (Å²) in [6.07, 6.45) is 2.71. The van der Waals surface area contributed by atoms with Crippen molar-refractivity contribution in [3.05, 3.63) is 23.0 Å². The number of nitrogens with one attached hydrogen (secondary N) is 1. The maximum atomic E-state index is 13.2. The molecule has 2 aromatic heterocycles. The highest BCUT2D eigenvalue weighted by Gasteiger charge is 2.54. The zero-order chi connectivity index (χ0) is 30.5. The highest BCUT2D eigenvalue weighted by Crippen LogP contribution is 2.25. The molecule has 0 spiro atoms. The van der Waals surface area contributed by atoms with Crippen LogP contribution in [-0.4, -0.2) is 95.9 Å². The number of nitrogens with two attached hydrogens (primary N) is 2. The molecule has 0 radical (unpaired) electrons. The van der Waals surface area contributed by atoms with Crippen LogP contribution >= 0.6 is 11.3 Å². The van der Waals surface area contributed by atoms with Gasteiger partial charge in [-0.3, -0.25) is 18.9 Å². The first-order valence-electron chi connectivity index (χ1n) is 12.1. The minimum atomic E-state index is -5.02. The number of aryl methyl sites for hydroxylation is 1. The third-order valence-electron chi connectivity index (χ3n) is 5.82. The van der Waals surface area contributed by atoms with Crippen LogP contribution in [0.4, 0.5) is 5.13 Å². The van der Waals surface area contributed by atoms with Crippen LogP contribution in [0.15, 0.2) is 16.7 Å². The maximum absolute atomic E-state index is 13.2. The summed E-state index contributed by atoms with van der Waals surface area (Å²) < 4.78 is 33.5. The second-order valence-electron chi connectivity index (χ2n) is 9.37. The number of amides is 2. The van der Waals surface area contributed by atoms with E-state index in [2.05, 4.69) is 25.7 Å². The molecule has 1 aliphatic heterocycles. The number of carboxylic acid groups (broad SMARTS) is 1. The van der Waals surface area contributed by atoms with E-state index in [1.54, 1.807) is 0 Å². The van der Waals surface area contributed by atoms with Crippen molar-refractivity contribution < 1.29 is 42.1 Å². The Bertz CT molecular complexity index is 1450. The van der Waals surface area contributed by atoms with Gasteiger partial charge < -0.3 is 26.7 Å². The van der Waals surface area contributed by atoms with E-state index in [-0.39, 0.29) is 40.3 Å². The third-order valence-corrected chi connectivity index (χ3v) is 7.44. The van der Waals surface area contributed by atoms with E-state index < -0.39 is 51.5 Å². The van der Waals surface area contributed by atoms with Crippen molar-refractivity contribution in [2.24, 2.45) is 10.9 Å². The SMILES string of the molecule is CC(C)(O/N=C(\C(=O)N[C@@H]1C(=O)N(S(=O)(=O)O)[C@@H]1Cn1ncc(CCC(=O)CCCN)n1)c1csc(N)n1)C(=O)O. The van der Waals surface area contributed by atoms with E-state index in [1.807, 2.05) is 0 Å². The number of anilines is 1. The number of thiazole rings is 1. The van der Waals surface area contributed by atoms with Crippen LogP contribution in [0.2, 0.25) is 0 Å². The summed E-state index contributed by atoms with van der Waals surface area (Å²) in [5, 5.41) is 24.8. The third kappa shape index (κ3) is 7.80. The van der Waals surface area contributed by atoms with Crippen molar-refractivity contribution in [3.8, 4) is 0 Å². The highest BCUT2D eigenvalue weighted by atomic mass is 32.2. The number of Topliss-reactive ketones (excluding diaryl/α,β-unsaturated/α-hetero) is 1. The molecule has 2 amide bonds. The molecule has 1 fully saturated rings. The molecule has 0 aromatic carbocycles. The smallest absolute Gasteiger partial charge is 0.362 e. The zero-order valence-electron chi connectivity index (χ0n) is 22.0. The summed E-state index contributed by atoms with van der Waals surface area (Å²) in [7, 11) is -5.02. The van der Waals surface area contributed by atoms with E-state index in [9.17, 15) is 37.3 Å². The summed E-state index contributed by atoms with van der Waals surface area (Å²) in [6.45, 7) is 2.39. The standard InChI is InChI=1S/C21H29N9O9S2/c1-21(2,19(34)35)39-28-15(13-10-40-20(23)25-13)17(32)26-16-14(30(18(16)33)41(36,37)38)9-29-24-8-11(27-29)5-6-12(31)4-3-7-22/h8,10,14,16H,3-7,9,22H2,1-2H3,(H2,23,25)(H,26,32)(H,34,35)(H,36,37,38)/b28-15-/t14-,16+/m1/s1. The Morgan fingerprint density at radius 1 is 1.29 bits per heavy atom. The van der Waals surface area contributed by atoms with Crippen LogP contribution in [0, 0.1) is 0 Å². The quantitative estimate of drug-likeness (QED) is 0.0649. The number of rotatable bonds is 15. The molecule has 0 unspecified atom stereocenters. The van der Waals surface area contributed by atoms with Gasteiger partial charge in [0.25, 0.3) is 11.8 Å². The lowest BCUT2D eigenvalue weighted by Gasteiger charge is -2.43. The molecular formula is C21H29N9O9S2. The van der Waals surface area contributed by atoms with Crippen molar-refractivity contribution in [1.29, 1.82) is 0 Å². The predicted molar refractivity (Wildman–Crippen MR) is 142 cm³/mol. The lowest BCUT2D eigenvalue weighted by molar-refractivity contribution is -0.161. The fourth-order valence-corrected chi connectivity index (χ4v) is 4.96. The number of aromatic nitrogens is 4. The van der Waals surface area contributed by atoms with Gasteiger partial charge in [-0.05, 0) is 33.2 Å². The Hall–Kier alpha value is -4.01. The van der Waals surface area contributed by atoms with Crippen molar-refractivity contribution >= 4 is 56.1 Å². The van der Waals surface area contributed by atoms with Crippen LogP contribution < -0.4 is 16.8 Å². The number of carbonyl (C=O) groups is 4. The van der Waals surface area contributed by atoms with Gasteiger partial charge in [-0.15, -0.1) is 11.3 Å². The predicted octanol–water partition coefficient (Wildman–Crippen LogP) is -1.66. The lowest BCUT2D eigenvalue weighted by atomic mass is 9.98. The molecule has 3 rings (SSSR count). The molecule has 0 saturated carbocycles. The minimum absolute atomic E-state index is 0.00928. The van der Waals surface area contributed by atoms with Crippen molar-refractivity contribution in [2.75, 3.05) is 12.3 Å². The van der Waals surface area contributed by atoms with Gasteiger partial charge in [0.1, 0.15) is 23.6 Å². The van der Waals surface area contributed by atoms with Crippen LogP contribution in [0.3, 0.4) is 0 Å². The largest absolute Gasteiger partial charge is 0.478 e. The number of nitrogens with zero attached hydrogens (tertiary/aromatic N) is 6. The zero-order valence-corrected chi connectivity index (χ0v) is 23.6. The molecule has 1 saturated heterocycles. The first-order chi connectivity index (χ1) is 19.1. The fourth-order valence-electron chi connectivity index (χ4n) is 3.54. The van der Waals surface area contributed by atoms with Crippen LogP contribution in [0.1, 0.15) is 44.5 Å². The van der Waals surface area contributed by atoms with Gasteiger partial charge in [0.05, 0.1) is 18.4 Å². The average molecular weight is 616 g/mol. The van der Waals surface area contributed by atoms with Crippen molar-refractivity contribution in [3.63, 3.8) is 0 Å². The number of hydrogen-bond donors (Lipinski definition) is 5. The molecule has 2 atom stereocenters. The van der Waals surface area contributed by atoms with Gasteiger partial charge in [0.15, 0.2) is 10.8 Å². The number of β-lactam (4-membered cyclic amide) rings is 1. The second kappa shape index (κ2) is 12.7. The Kier molecular flexibility index (Phi) is 9.73. The first-order valence-corrected chi connectivity index (χ1v) is 14.3. The summed E-state index contributed by atoms with van der Waals surface area (Å²) in [4.78, 5) is 59.1. The van der Waals surface area contributed by atoms with E-state index >= 15 is 0 Å². The maximum Gasteiger partial charge on any atom is 0.362 e. The van der Waals surface area contributed by atoms with Gasteiger partial charge in [-0.1, -0.05) is 5.16 Å². The number of aliphatic carboxylic acids is 1. The molecule has 41 heavy (non-hydrogen) atoms. The Morgan fingerprint density at radius 2 is 2.00 bits per heavy atom. The van der Waals surface area contributed by atoms with E-state index in [0.29, 0.717) is 25.1 Å². The van der Waals surface area contributed by atoms with Gasteiger partial charge >= 0.3 is 16.3 Å². The Labute approximate surface area is 237 Å². The number of nitrogen functional groups attached to an aromatic ring is 1. The number of ketones is 1. The summed E-state index contributed by atoms with van der Waals surface area (Å²) >= 11 is 0.947. The number of oxime groups is 1. The number of hydrogen-bond acceptors (Lipinski definition) is 14. The van der Waals surface area contributed by atoms with Gasteiger partial charge in [0.2, 0.25) is 5.60 Å². The Balaban J connectivity index is 1.80. The summed E-state index contributed by atoms with van der Waals surface area (Å²) in [5.41, 5.74) is 8.97.